The lowest BCUT2D eigenvalue weighted by molar-refractivity contribution is -0.138. The summed E-state index contributed by atoms with van der Waals surface area (Å²) < 4.78 is 43.8. The van der Waals surface area contributed by atoms with E-state index in [1.54, 1.807) is 43.0 Å². The molecule has 2 aromatic carbocycles. The Kier molecular flexibility index (Phi) is 7.18. The summed E-state index contributed by atoms with van der Waals surface area (Å²) in [5, 5.41) is 2.64. The second-order valence-electron chi connectivity index (χ2n) is 9.76. The van der Waals surface area contributed by atoms with E-state index in [1.165, 1.54) is 12.1 Å². The van der Waals surface area contributed by atoms with Gasteiger partial charge in [0.1, 0.15) is 0 Å². The fraction of sp³-hybridized carbons (Fsp3) is 0.321. The molecule has 1 fully saturated rings. The lowest BCUT2D eigenvalue weighted by Crippen LogP contribution is -2.48. The summed E-state index contributed by atoms with van der Waals surface area (Å²) in [5.74, 6) is -0.493. The molecule has 3 heterocycles. The Morgan fingerprint density at radius 1 is 1.05 bits per heavy atom. The summed E-state index contributed by atoms with van der Waals surface area (Å²) in [7, 11) is 0. The molecule has 0 bridgehead atoms. The van der Waals surface area contributed by atoms with E-state index in [-0.39, 0.29) is 17.8 Å². The molecule has 198 valence electrons. The van der Waals surface area contributed by atoms with E-state index < -0.39 is 17.6 Å². The lowest BCUT2D eigenvalue weighted by atomic mass is 10.0. The normalized spacial score (nSPS) is 15.3. The van der Waals surface area contributed by atoms with Crippen molar-refractivity contribution in [3.63, 3.8) is 0 Å². The molecule has 1 N–H and O–H groups in total. The van der Waals surface area contributed by atoms with Crippen LogP contribution in [0.3, 0.4) is 0 Å². The molecule has 0 unspecified atom stereocenters. The van der Waals surface area contributed by atoms with Gasteiger partial charge in [-0.25, -0.2) is 4.98 Å². The fourth-order valence-corrected chi connectivity index (χ4v) is 4.81. The van der Waals surface area contributed by atoms with Crippen LogP contribution in [0.15, 0.2) is 67.3 Å². The number of aromatic nitrogens is 3. The van der Waals surface area contributed by atoms with E-state index in [0.29, 0.717) is 30.3 Å². The first-order chi connectivity index (χ1) is 18.2. The van der Waals surface area contributed by atoms with Crippen LogP contribution in [0.2, 0.25) is 0 Å². The third kappa shape index (κ3) is 5.56. The smallest absolute Gasteiger partial charge is 0.322 e. The van der Waals surface area contributed by atoms with Crippen molar-refractivity contribution in [2.45, 2.75) is 32.6 Å². The first-order valence-corrected chi connectivity index (χ1v) is 12.5. The first kappa shape index (κ1) is 25.9. The topological polar surface area (TPSA) is 65.8 Å². The van der Waals surface area contributed by atoms with Crippen molar-refractivity contribution < 1.29 is 18.0 Å². The molecule has 1 amide bonds. The Bertz CT molecular complexity index is 1440. The summed E-state index contributed by atoms with van der Waals surface area (Å²) in [4.78, 5) is 25.7. The first-order valence-electron chi connectivity index (χ1n) is 12.5. The van der Waals surface area contributed by atoms with Crippen LogP contribution in [0.25, 0.3) is 16.9 Å². The zero-order valence-corrected chi connectivity index (χ0v) is 21.2. The van der Waals surface area contributed by atoms with Crippen LogP contribution < -0.4 is 5.32 Å². The maximum absolute atomic E-state index is 14.0. The number of amides is 1. The van der Waals surface area contributed by atoms with Gasteiger partial charge in [0.15, 0.2) is 5.65 Å². The maximum Gasteiger partial charge on any atom is 0.416 e. The minimum absolute atomic E-state index is 0.0991. The number of carbonyl (C=O) groups is 1. The lowest BCUT2D eigenvalue weighted by Gasteiger charge is -2.37. The van der Waals surface area contributed by atoms with Gasteiger partial charge in [0.2, 0.25) is 0 Å². The van der Waals surface area contributed by atoms with Crippen molar-refractivity contribution in [3.05, 3.63) is 83.9 Å². The molecule has 4 aromatic rings. The maximum atomic E-state index is 14.0. The van der Waals surface area contributed by atoms with Crippen molar-refractivity contribution in [2.24, 2.45) is 0 Å². The molecule has 38 heavy (non-hydrogen) atoms. The average molecular weight is 523 g/mol. The van der Waals surface area contributed by atoms with Gasteiger partial charge in [0.25, 0.3) is 5.91 Å². The van der Waals surface area contributed by atoms with Crippen molar-refractivity contribution in [1.82, 2.24) is 24.2 Å². The van der Waals surface area contributed by atoms with E-state index in [2.05, 4.69) is 34.0 Å². The highest BCUT2D eigenvalue weighted by molar-refractivity contribution is 6.05. The SMILES string of the molecule is CC(C)N1CCN(Cc2ccc(NC(=O)c3cccc(-c4cnc5cnccn45)c3)cc2C(F)(F)F)CC1. The largest absolute Gasteiger partial charge is 0.416 e. The van der Waals surface area contributed by atoms with E-state index in [0.717, 1.165) is 30.4 Å². The number of rotatable bonds is 6. The van der Waals surface area contributed by atoms with Crippen LogP contribution in [0.4, 0.5) is 18.9 Å². The number of alkyl halides is 3. The number of anilines is 1. The van der Waals surface area contributed by atoms with Gasteiger partial charge in [0, 0.05) is 68.0 Å². The molecular weight excluding hydrogens is 493 g/mol. The summed E-state index contributed by atoms with van der Waals surface area (Å²) in [6, 6.07) is 11.3. The van der Waals surface area contributed by atoms with Gasteiger partial charge < -0.3 is 5.32 Å². The van der Waals surface area contributed by atoms with Gasteiger partial charge in [0.05, 0.1) is 23.7 Å². The fourth-order valence-electron chi connectivity index (χ4n) is 4.81. The van der Waals surface area contributed by atoms with E-state index in [1.807, 2.05) is 15.4 Å². The van der Waals surface area contributed by atoms with E-state index in [4.69, 9.17) is 0 Å². The molecule has 0 saturated carbocycles. The average Bonchev–Trinajstić information content (AvgIpc) is 3.33. The molecule has 1 aliphatic heterocycles. The number of imidazole rings is 1. The molecule has 7 nitrogen and oxygen atoms in total. The van der Waals surface area contributed by atoms with Crippen LogP contribution in [0.1, 0.15) is 35.3 Å². The highest BCUT2D eigenvalue weighted by atomic mass is 19.4. The predicted molar refractivity (Wildman–Crippen MR) is 140 cm³/mol. The molecule has 10 heteroatoms. The number of fused-ring (bicyclic) bond motifs is 1. The predicted octanol–water partition coefficient (Wildman–Crippen LogP) is 5.19. The molecule has 1 aliphatic rings. The zero-order chi connectivity index (χ0) is 26.9. The zero-order valence-electron chi connectivity index (χ0n) is 21.2. The number of hydrogen-bond donors (Lipinski definition) is 1. The Balaban J connectivity index is 1.33. The van der Waals surface area contributed by atoms with Crippen LogP contribution >= 0.6 is 0 Å². The van der Waals surface area contributed by atoms with Crippen LogP contribution in [-0.4, -0.2) is 62.3 Å². The molecule has 5 rings (SSSR count). The van der Waals surface area contributed by atoms with Gasteiger partial charge in [-0.1, -0.05) is 18.2 Å². The Morgan fingerprint density at radius 2 is 1.84 bits per heavy atom. The van der Waals surface area contributed by atoms with Gasteiger partial charge in [-0.05, 0) is 43.7 Å². The molecular formula is C28H29F3N6O. The number of nitrogens with zero attached hydrogens (tertiary/aromatic N) is 5. The number of halogens is 3. The van der Waals surface area contributed by atoms with Gasteiger partial charge in [-0.3, -0.25) is 24.0 Å². The standard InChI is InChI=1S/C28H29F3N6O/c1-19(2)36-12-10-35(11-13-36)18-22-6-7-23(15-24(22)28(29,30)31)34-27(38)21-5-3-4-20(14-21)25-16-33-26-17-32-8-9-37(25)26/h3-9,14-17,19H,10-13,18H2,1-2H3,(H,34,38). The summed E-state index contributed by atoms with van der Waals surface area (Å²) in [6.07, 6.45) is 2.20. The van der Waals surface area contributed by atoms with Gasteiger partial charge in [-0.2, -0.15) is 13.2 Å². The molecule has 1 saturated heterocycles. The molecule has 2 aromatic heterocycles. The Morgan fingerprint density at radius 3 is 2.58 bits per heavy atom. The molecule has 0 radical (unpaired) electrons. The Hall–Kier alpha value is -3.76. The minimum atomic E-state index is -4.53. The summed E-state index contributed by atoms with van der Waals surface area (Å²) >= 11 is 0. The molecule has 0 spiro atoms. The van der Waals surface area contributed by atoms with Crippen molar-refractivity contribution >= 4 is 17.2 Å². The van der Waals surface area contributed by atoms with E-state index >= 15 is 0 Å². The van der Waals surface area contributed by atoms with Crippen LogP contribution in [0.5, 0.6) is 0 Å². The number of nitrogens with one attached hydrogen (secondary N) is 1. The molecule has 0 aliphatic carbocycles. The highest BCUT2D eigenvalue weighted by Crippen LogP contribution is 2.35. The number of hydrogen-bond acceptors (Lipinski definition) is 5. The monoisotopic (exact) mass is 522 g/mol. The van der Waals surface area contributed by atoms with Crippen molar-refractivity contribution in [3.8, 4) is 11.3 Å². The van der Waals surface area contributed by atoms with Gasteiger partial charge >= 0.3 is 6.18 Å². The third-order valence-electron chi connectivity index (χ3n) is 6.94. The number of carbonyl (C=O) groups excluding carboxylic acids is 1. The number of piperazine rings is 1. The van der Waals surface area contributed by atoms with Crippen molar-refractivity contribution in [2.75, 3.05) is 31.5 Å². The number of benzene rings is 2. The molecule has 0 atom stereocenters. The summed E-state index contributed by atoms with van der Waals surface area (Å²) in [5.41, 5.74) is 2.09. The Labute approximate surface area is 218 Å². The highest BCUT2D eigenvalue weighted by Gasteiger charge is 2.34. The van der Waals surface area contributed by atoms with Crippen molar-refractivity contribution in [1.29, 1.82) is 0 Å². The van der Waals surface area contributed by atoms with E-state index in [9.17, 15) is 18.0 Å². The third-order valence-corrected chi connectivity index (χ3v) is 6.94. The second-order valence-corrected chi connectivity index (χ2v) is 9.76. The second kappa shape index (κ2) is 10.5. The van der Waals surface area contributed by atoms with Crippen LogP contribution in [0, 0.1) is 0 Å². The van der Waals surface area contributed by atoms with Gasteiger partial charge in [-0.15, -0.1) is 0 Å². The van der Waals surface area contributed by atoms with Crippen LogP contribution in [-0.2, 0) is 12.7 Å². The summed E-state index contributed by atoms with van der Waals surface area (Å²) in [6.45, 7) is 7.55. The minimum Gasteiger partial charge on any atom is -0.322 e. The quantitative estimate of drug-likeness (QED) is 0.378.